The molecule has 158 valence electrons. The Kier molecular flexibility index (Phi) is 5.44. The van der Waals surface area contributed by atoms with Crippen molar-refractivity contribution in [3.05, 3.63) is 88.3 Å². The number of phenolic OH excluding ortho intramolecular Hbond substituents is 1. The molecule has 0 bridgehead atoms. The number of aliphatic hydroxyl groups excluding tert-OH is 1. The minimum atomic E-state index is -0.932. The summed E-state index contributed by atoms with van der Waals surface area (Å²) in [5, 5.41) is 21.4. The third kappa shape index (κ3) is 3.75. The number of ketones is 1. The van der Waals surface area contributed by atoms with Crippen LogP contribution in [0.3, 0.4) is 0 Å². The van der Waals surface area contributed by atoms with Gasteiger partial charge in [0.1, 0.15) is 23.0 Å². The molecule has 1 unspecified atom stereocenters. The summed E-state index contributed by atoms with van der Waals surface area (Å²) < 4.78 is 10.5. The predicted molar refractivity (Wildman–Crippen MR) is 113 cm³/mol. The van der Waals surface area contributed by atoms with Crippen molar-refractivity contribution in [1.29, 1.82) is 0 Å². The number of Topliss-reactive ketones (excluding diaryl/α,β-unsaturated/α-hetero) is 1. The predicted octanol–water partition coefficient (Wildman–Crippen LogP) is 4.27. The molecule has 31 heavy (non-hydrogen) atoms. The minimum Gasteiger partial charge on any atom is -0.508 e. The number of halogens is 1. The molecule has 1 fully saturated rings. The maximum Gasteiger partial charge on any atom is 0.296 e. The van der Waals surface area contributed by atoms with Crippen molar-refractivity contribution in [2.45, 2.75) is 12.6 Å². The summed E-state index contributed by atoms with van der Waals surface area (Å²) in [5.41, 5.74) is 0.627. The summed E-state index contributed by atoms with van der Waals surface area (Å²) in [5.74, 6) is -1.25. The topological polar surface area (TPSA) is 100 Å². The van der Waals surface area contributed by atoms with E-state index in [1.165, 1.54) is 48.6 Å². The summed E-state index contributed by atoms with van der Waals surface area (Å²) in [6.45, 7) is 0.0125. The molecule has 7 nitrogen and oxygen atoms in total. The normalized spacial score (nSPS) is 17.9. The first-order valence-corrected chi connectivity index (χ1v) is 9.72. The van der Waals surface area contributed by atoms with E-state index in [4.69, 9.17) is 20.8 Å². The molecule has 0 spiro atoms. The minimum absolute atomic E-state index is 0.0125. The zero-order chi connectivity index (χ0) is 22.1. The van der Waals surface area contributed by atoms with Crippen molar-refractivity contribution in [3.8, 4) is 11.5 Å². The highest BCUT2D eigenvalue weighted by Gasteiger charge is 2.46. The Morgan fingerprint density at radius 2 is 1.97 bits per heavy atom. The number of aromatic hydroxyl groups is 1. The van der Waals surface area contributed by atoms with Gasteiger partial charge in [0.25, 0.3) is 11.7 Å². The fraction of sp³-hybridized carbons (Fsp3) is 0.130. The number of phenols is 1. The Morgan fingerprint density at radius 1 is 1.16 bits per heavy atom. The molecule has 0 saturated carbocycles. The maximum atomic E-state index is 13.0. The smallest absolute Gasteiger partial charge is 0.296 e. The number of hydrogen-bond acceptors (Lipinski definition) is 6. The van der Waals surface area contributed by atoms with Crippen LogP contribution in [0.4, 0.5) is 0 Å². The van der Waals surface area contributed by atoms with Crippen LogP contribution < -0.4 is 4.74 Å². The number of amides is 1. The average molecular weight is 440 g/mol. The van der Waals surface area contributed by atoms with Gasteiger partial charge in [-0.05, 0) is 48.0 Å². The zero-order valence-corrected chi connectivity index (χ0v) is 17.2. The van der Waals surface area contributed by atoms with E-state index in [1.54, 1.807) is 24.3 Å². The lowest BCUT2D eigenvalue weighted by molar-refractivity contribution is -0.140. The Morgan fingerprint density at radius 3 is 2.65 bits per heavy atom. The standard InChI is InChI=1S/C23H18ClNO6/c1-30-18-11-14(7-8-17(18)24)21(27)19-20(13-4-2-5-15(26)10-13)25(23(29)22(19)28)12-16-6-3-9-31-16/h2-11,20,26-27H,12H2,1H3/b21-19-. The van der Waals surface area contributed by atoms with Crippen LogP contribution in [0.15, 0.2) is 70.9 Å². The fourth-order valence-electron chi connectivity index (χ4n) is 3.62. The molecule has 1 aliphatic heterocycles. The van der Waals surface area contributed by atoms with Gasteiger partial charge in [-0.2, -0.15) is 0 Å². The second-order valence-corrected chi connectivity index (χ2v) is 7.36. The third-order valence-electron chi connectivity index (χ3n) is 5.06. The number of methoxy groups -OCH3 is 1. The molecule has 3 aromatic rings. The Labute approximate surface area is 182 Å². The van der Waals surface area contributed by atoms with Gasteiger partial charge in [-0.25, -0.2) is 0 Å². The monoisotopic (exact) mass is 439 g/mol. The molecule has 1 aliphatic rings. The molecule has 2 heterocycles. The van der Waals surface area contributed by atoms with Crippen LogP contribution in [0.25, 0.3) is 5.76 Å². The van der Waals surface area contributed by atoms with Gasteiger partial charge in [-0.3, -0.25) is 9.59 Å². The van der Waals surface area contributed by atoms with Crippen molar-refractivity contribution in [2.75, 3.05) is 7.11 Å². The van der Waals surface area contributed by atoms with E-state index in [-0.39, 0.29) is 29.2 Å². The van der Waals surface area contributed by atoms with Crippen LogP contribution in [-0.4, -0.2) is 33.9 Å². The molecule has 8 heteroatoms. The van der Waals surface area contributed by atoms with E-state index in [2.05, 4.69) is 0 Å². The number of likely N-dealkylation sites (tertiary alicyclic amines) is 1. The van der Waals surface area contributed by atoms with Gasteiger partial charge >= 0.3 is 0 Å². The molecule has 2 aromatic carbocycles. The number of nitrogens with zero attached hydrogens (tertiary/aromatic N) is 1. The molecule has 1 atom stereocenters. The van der Waals surface area contributed by atoms with E-state index in [0.717, 1.165) is 0 Å². The molecule has 0 radical (unpaired) electrons. The number of furan rings is 1. The highest BCUT2D eigenvalue weighted by molar-refractivity contribution is 6.46. The zero-order valence-electron chi connectivity index (χ0n) is 16.4. The van der Waals surface area contributed by atoms with Crippen LogP contribution in [0.1, 0.15) is 22.9 Å². The number of carbonyl (C=O) groups is 2. The lowest BCUT2D eigenvalue weighted by Gasteiger charge is -2.24. The van der Waals surface area contributed by atoms with Crippen LogP contribution in [0, 0.1) is 0 Å². The summed E-state index contributed by atoms with van der Waals surface area (Å²) in [6, 6.07) is 13.2. The van der Waals surface area contributed by atoms with Gasteiger partial charge in [0.2, 0.25) is 0 Å². The van der Waals surface area contributed by atoms with Crippen molar-refractivity contribution < 1.29 is 29.0 Å². The van der Waals surface area contributed by atoms with E-state index in [1.807, 2.05) is 0 Å². The Hall–Kier alpha value is -3.71. The van der Waals surface area contributed by atoms with Crippen LogP contribution in [-0.2, 0) is 16.1 Å². The third-order valence-corrected chi connectivity index (χ3v) is 5.37. The summed E-state index contributed by atoms with van der Waals surface area (Å²) in [6.07, 6.45) is 1.47. The quantitative estimate of drug-likeness (QED) is 0.350. The number of carbonyl (C=O) groups excluding carboxylic acids is 2. The SMILES string of the molecule is COc1cc(/C(O)=C2/C(=O)C(=O)N(Cc3ccco3)C2c2cccc(O)c2)ccc1Cl. The number of benzene rings is 2. The Balaban J connectivity index is 1.89. The molecular formula is C23H18ClNO6. The molecular weight excluding hydrogens is 422 g/mol. The maximum absolute atomic E-state index is 13.0. The molecule has 0 aliphatic carbocycles. The van der Waals surface area contributed by atoms with Gasteiger partial charge in [-0.15, -0.1) is 0 Å². The van der Waals surface area contributed by atoms with Gasteiger partial charge < -0.3 is 24.3 Å². The van der Waals surface area contributed by atoms with Crippen molar-refractivity contribution in [1.82, 2.24) is 4.90 Å². The summed E-state index contributed by atoms with van der Waals surface area (Å²) in [4.78, 5) is 27.2. The van der Waals surface area contributed by atoms with Crippen LogP contribution >= 0.6 is 11.6 Å². The second-order valence-electron chi connectivity index (χ2n) is 6.95. The van der Waals surface area contributed by atoms with E-state index < -0.39 is 17.7 Å². The van der Waals surface area contributed by atoms with Crippen molar-refractivity contribution in [3.63, 3.8) is 0 Å². The molecule has 1 amide bonds. The lowest BCUT2D eigenvalue weighted by Crippen LogP contribution is -2.29. The first-order valence-electron chi connectivity index (χ1n) is 9.34. The lowest BCUT2D eigenvalue weighted by atomic mass is 9.95. The highest BCUT2D eigenvalue weighted by Crippen LogP contribution is 2.41. The Bertz CT molecular complexity index is 1180. The van der Waals surface area contributed by atoms with E-state index in [0.29, 0.717) is 22.1 Å². The summed E-state index contributed by atoms with van der Waals surface area (Å²) >= 11 is 6.07. The second kappa shape index (κ2) is 8.20. The molecule has 2 N–H and O–H groups in total. The largest absolute Gasteiger partial charge is 0.508 e. The van der Waals surface area contributed by atoms with Gasteiger partial charge in [0.05, 0.1) is 36.6 Å². The van der Waals surface area contributed by atoms with Crippen LogP contribution in [0.2, 0.25) is 5.02 Å². The number of ether oxygens (including phenoxy) is 1. The average Bonchev–Trinajstić information content (AvgIpc) is 3.36. The number of hydrogen-bond donors (Lipinski definition) is 2. The van der Waals surface area contributed by atoms with Crippen LogP contribution in [0.5, 0.6) is 11.5 Å². The van der Waals surface area contributed by atoms with Gasteiger partial charge in [-0.1, -0.05) is 23.7 Å². The van der Waals surface area contributed by atoms with Gasteiger partial charge in [0.15, 0.2) is 0 Å². The van der Waals surface area contributed by atoms with E-state index in [9.17, 15) is 19.8 Å². The van der Waals surface area contributed by atoms with E-state index >= 15 is 0 Å². The first kappa shape index (κ1) is 20.6. The first-order chi connectivity index (χ1) is 14.9. The summed E-state index contributed by atoms with van der Waals surface area (Å²) in [7, 11) is 1.43. The number of rotatable bonds is 5. The molecule has 1 saturated heterocycles. The molecule has 4 rings (SSSR count). The van der Waals surface area contributed by atoms with Crippen molar-refractivity contribution in [2.24, 2.45) is 0 Å². The molecule has 1 aromatic heterocycles. The number of aliphatic hydroxyl groups is 1. The van der Waals surface area contributed by atoms with Crippen molar-refractivity contribution >= 4 is 29.1 Å². The highest BCUT2D eigenvalue weighted by atomic mass is 35.5. The van der Waals surface area contributed by atoms with Gasteiger partial charge in [0, 0.05) is 5.56 Å². The fourth-order valence-corrected chi connectivity index (χ4v) is 3.81.